The molecule has 0 spiro atoms. The highest BCUT2D eigenvalue weighted by Crippen LogP contribution is 2.15. The van der Waals surface area contributed by atoms with E-state index in [0.717, 1.165) is 17.9 Å². The maximum absolute atomic E-state index is 8.87. The molecule has 0 fully saturated rings. The summed E-state index contributed by atoms with van der Waals surface area (Å²) in [5, 5.41) is 12.1. The molecule has 1 rings (SSSR count). The number of aliphatic hydroxyl groups excluding tert-OH is 1. The molecule has 0 aromatic heterocycles. The molecule has 0 amide bonds. The van der Waals surface area contributed by atoms with Gasteiger partial charge in [0.05, 0.1) is 0 Å². The minimum absolute atomic E-state index is 0.260. The molecule has 0 aliphatic rings. The molecule has 3 heteroatoms. The molecule has 2 N–H and O–H groups in total. The van der Waals surface area contributed by atoms with Crippen molar-refractivity contribution in [3.8, 4) is 0 Å². The van der Waals surface area contributed by atoms with E-state index in [4.69, 9.17) is 5.11 Å². The smallest absolute Gasteiger partial charge is 0.0446 e. The van der Waals surface area contributed by atoms with Crippen LogP contribution < -0.4 is 5.32 Å². The summed E-state index contributed by atoms with van der Waals surface area (Å²) in [6, 6.07) is 9.04. The fourth-order valence-corrected chi connectivity index (χ4v) is 2.74. The summed E-state index contributed by atoms with van der Waals surface area (Å²) in [5.41, 5.74) is 2.70. The Labute approximate surface area is 102 Å². The van der Waals surface area contributed by atoms with Gasteiger partial charge in [-0.3, -0.25) is 0 Å². The third kappa shape index (κ3) is 5.01. The van der Waals surface area contributed by atoms with Gasteiger partial charge in [0.1, 0.15) is 0 Å². The summed E-state index contributed by atoms with van der Waals surface area (Å²) in [4.78, 5) is 0. The maximum Gasteiger partial charge on any atom is 0.0446 e. The molecule has 0 heterocycles. The van der Waals surface area contributed by atoms with E-state index in [0.29, 0.717) is 6.04 Å². The molecule has 0 aliphatic heterocycles. The first-order chi connectivity index (χ1) is 7.76. The molecule has 0 aliphatic carbocycles. The summed E-state index contributed by atoms with van der Waals surface area (Å²) < 4.78 is 0. The predicted molar refractivity (Wildman–Crippen MR) is 71.9 cm³/mol. The zero-order valence-electron chi connectivity index (χ0n) is 10.1. The Morgan fingerprint density at radius 1 is 1.44 bits per heavy atom. The molecule has 2 nitrogen and oxygen atoms in total. The van der Waals surface area contributed by atoms with E-state index >= 15 is 0 Å². The SMILES string of the molecule is CNC(CCO)CSCc1cccc(C)c1. The van der Waals surface area contributed by atoms with E-state index in [1.807, 2.05) is 18.8 Å². The van der Waals surface area contributed by atoms with Gasteiger partial charge in [0.15, 0.2) is 0 Å². The minimum Gasteiger partial charge on any atom is -0.396 e. The van der Waals surface area contributed by atoms with Gasteiger partial charge in [-0.05, 0) is 26.0 Å². The van der Waals surface area contributed by atoms with Crippen LogP contribution in [0.5, 0.6) is 0 Å². The van der Waals surface area contributed by atoms with Crippen molar-refractivity contribution in [3.63, 3.8) is 0 Å². The lowest BCUT2D eigenvalue weighted by Crippen LogP contribution is -2.28. The average molecular weight is 239 g/mol. The Morgan fingerprint density at radius 2 is 2.25 bits per heavy atom. The molecule has 1 atom stereocenters. The Hall–Kier alpha value is -0.510. The molecular formula is C13H21NOS. The van der Waals surface area contributed by atoms with Gasteiger partial charge < -0.3 is 10.4 Å². The third-order valence-electron chi connectivity index (χ3n) is 2.56. The first-order valence-corrected chi connectivity index (χ1v) is 6.83. The Balaban J connectivity index is 2.29. The lowest BCUT2D eigenvalue weighted by atomic mass is 10.2. The van der Waals surface area contributed by atoms with Crippen LogP contribution >= 0.6 is 11.8 Å². The van der Waals surface area contributed by atoms with Gasteiger partial charge in [0, 0.05) is 24.2 Å². The van der Waals surface area contributed by atoms with Crippen molar-refractivity contribution in [2.75, 3.05) is 19.4 Å². The number of benzene rings is 1. The van der Waals surface area contributed by atoms with Crippen LogP contribution in [0.2, 0.25) is 0 Å². The van der Waals surface area contributed by atoms with E-state index in [1.165, 1.54) is 11.1 Å². The molecule has 0 saturated carbocycles. The van der Waals surface area contributed by atoms with Crippen LogP contribution in [0.3, 0.4) is 0 Å². The van der Waals surface area contributed by atoms with Gasteiger partial charge in [-0.1, -0.05) is 29.8 Å². The van der Waals surface area contributed by atoms with E-state index in [9.17, 15) is 0 Å². The van der Waals surface area contributed by atoms with Gasteiger partial charge in [-0.15, -0.1) is 0 Å². The van der Waals surface area contributed by atoms with Crippen molar-refractivity contribution in [3.05, 3.63) is 35.4 Å². The highest BCUT2D eigenvalue weighted by atomic mass is 32.2. The Bertz CT molecular complexity index is 304. The first-order valence-electron chi connectivity index (χ1n) is 5.67. The van der Waals surface area contributed by atoms with Crippen LogP contribution in [0.15, 0.2) is 24.3 Å². The minimum atomic E-state index is 0.260. The van der Waals surface area contributed by atoms with E-state index in [2.05, 4.69) is 36.5 Å². The number of aliphatic hydroxyl groups is 1. The lowest BCUT2D eigenvalue weighted by molar-refractivity contribution is 0.273. The fourth-order valence-electron chi connectivity index (χ4n) is 1.59. The monoisotopic (exact) mass is 239 g/mol. The molecule has 1 aromatic carbocycles. The number of thioether (sulfide) groups is 1. The molecule has 90 valence electrons. The topological polar surface area (TPSA) is 32.3 Å². The summed E-state index contributed by atoms with van der Waals surface area (Å²) in [7, 11) is 1.95. The zero-order valence-corrected chi connectivity index (χ0v) is 10.9. The van der Waals surface area contributed by atoms with Crippen molar-refractivity contribution in [2.24, 2.45) is 0 Å². The van der Waals surface area contributed by atoms with Crippen LogP contribution in [0.4, 0.5) is 0 Å². The highest BCUT2D eigenvalue weighted by Gasteiger charge is 2.04. The second-order valence-corrected chi connectivity index (χ2v) is 5.03. The predicted octanol–water partition coefficient (Wildman–Crippen LogP) is 2.20. The van der Waals surface area contributed by atoms with Crippen molar-refractivity contribution in [1.82, 2.24) is 5.32 Å². The van der Waals surface area contributed by atoms with Crippen LogP contribution in [0, 0.1) is 6.92 Å². The number of hydrogen-bond donors (Lipinski definition) is 2. The second kappa shape index (κ2) is 7.71. The molecule has 16 heavy (non-hydrogen) atoms. The second-order valence-electron chi connectivity index (χ2n) is 4.00. The average Bonchev–Trinajstić information content (AvgIpc) is 2.28. The van der Waals surface area contributed by atoms with Crippen molar-refractivity contribution in [2.45, 2.75) is 25.1 Å². The summed E-state index contributed by atoms with van der Waals surface area (Å²) >= 11 is 1.91. The van der Waals surface area contributed by atoms with Gasteiger partial charge >= 0.3 is 0 Å². The molecule has 1 aromatic rings. The highest BCUT2D eigenvalue weighted by molar-refractivity contribution is 7.98. The number of hydrogen-bond acceptors (Lipinski definition) is 3. The largest absolute Gasteiger partial charge is 0.396 e. The van der Waals surface area contributed by atoms with Crippen LogP contribution in [0.25, 0.3) is 0 Å². The molecule has 0 radical (unpaired) electrons. The number of nitrogens with one attached hydrogen (secondary N) is 1. The van der Waals surface area contributed by atoms with Crippen molar-refractivity contribution < 1.29 is 5.11 Å². The Morgan fingerprint density at radius 3 is 2.88 bits per heavy atom. The van der Waals surface area contributed by atoms with E-state index < -0.39 is 0 Å². The number of rotatable bonds is 7. The lowest BCUT2D eigenvalue weighted by Gasteiger charge is -2.14. The number of aryl methyl sites for hydroxylation is 1. The van der Waals surface area contributed by atoms with Crippen molar-refractivity contribution in [1.29, 1.82) is 0 Å². The molecule has 0 bridgehead atoms. The van der Waals surface area contributed by atoms with Gasteiger partial charge in [-0.2, -0.15) is 11.8 Å². The van der Waals surface area contributed by atoms with Gasteiger partial charge in [0.25, 0.3) is 0 Å². The zero-order chi connectivity index (χ0) is 11.8. The van der Waals surface area contributed by atoms with Gasteiger partial charge in [0.2, 0.25) is 0 Å². The molecular weight excluding hydrogens is 218 g/mol. The van der Waals surface area contributed by atoms with Crippen LogP contribution in [-0.2, 0) is 5.75 Å². The Kier molecular flexibility index (Phi) is 6.53. The quantitative estimate of drug-likeness (QED) is 0.765. The van der Waals surface area contributed by atoms with E-state index in [-0.39, 0.29) is 6.61 Å². The molecule has 1 unspecified atom stereocenters. The standard InChI is InChI=1S/C13H21NOS/c1-11-4-3-5-12(8-11)9-16-10-13(14-2)6-7-15/h3-5,8,13-15H,6-7,9-10H2,1-2H3. The van der Waals surface area contributed by atoms with Gasteiger partial charge in [-0.25, -0.2) is 0 Å². The summed E-state index contributed by atoms with van der Waals surface area (Å²) in [5.74, 6) is 2.09. The summed E-state index contributed by atoms with van der Waals surface area (Å²) in [6.07, 6.45) is 0.831. The van der Waals surface area contributed by atoms with E-state index in [1.54, 1.807) is 0 Å². The third-order valence-corrected chi connectivity index (χ3v) is 3.73. The van der Waals surface area contributed by atoms with Crippen LogP contribution in [0.1, 0.15) is 17.5 Å². The first kappa shape index (κ1) is 13.6. The maximum atomic E-state index is 8.87. The summed E-state index contributed by atoms with van der Waals surface area (Å²) in [6.45, 7) is 2.38. The molecule has 0 saturated heterocycles. The fraction of sp³-hybridized carbons (Fsp3) is 0.538. The normalized spacial score (nSPS) is 12.7. The van der Waals surface area contributed by atoms with Crippen LogP contribution in [-0.4, -0.2) is 30.6 Å². The van der Waals surface area contributed by atoms with Crippen molar-refractivity contribution >= 4 is 11.8 Å².